The molecule has 0 atom stereocenters. The zero-order chi connectivity index (χ0) is 21.4. The number of aromatic amines is 1. The number of thiophene rings is 1. The molecular weight excluding hydrogens is 418 g/mol. The minimum atomic E-state index is -0.268. The monoisotopic (exact) mass is 439 g/mol. The first-order chi connectivity index (χ1) is 15.1. The van der Waals surface area contributed by atoms with Crippen LogP contribution in [0.5, 0.6) is 0 Å². The third kappa shape index (κ3) is 3.97. The molecule has 10 nitrogen and oxygen atoms in total. The van der Waals surface area contributed by atoms with Crippen LogP contribution in [0.2, 0.25) is 0 Å². The molecule has 11 heteroatoms. The third-order valence-electron chi connectivity index (χ3n) is 5.17. The Labute approximate surface area is 180 Å². The van der Waals surface area contributed by atoms with E-state index < -0.39 is 0 Å². The molecule has 5 heterocycles. The minimum Gasteiger partial charge on any atom is -0.381 e. The van der Waals surface area contributed by atoms with Gasteiger partial charge >= 0.3 is 0 Å². The van der Waals surface area contributed by atoms with E-state index in [4.69, 9.17) is 4.74 Å². The average molecular weight is 440 g/mol. The maximum absolute atomic E-state index is 12.7. The summed E-state index contributed by atoms with van der Waals surface area (Å²) in [7, 11) is 1.82. The normalized spacial score (nSPS) is 14.7. The maximum Gasteiger partial charge on any atom is 0.277 e. The van der Waals surface area contributed by atoms with Crippen molar-refractivity contribution in [1.29, 1.82) is 0 Å². The topological polar surface area (TPSA) is 119 Å². The Morgan fingerprint density at radius 3 is 2.97 bits per heavy atom. The lowest BCUT2D eigenvalue weighted by Crippen LogP contribution is -2.38. The van der Waals surface area contributed by atoms with E-state index in [1.165, 1.54) is 11.3 Å². The van der Waals surface area contributed by atoms with E-state index in [1.807, 2.05) is 13.2 Å². The number of ether oxygens (including phenoxy) is 1. The Morgan fingerprint density at radius 1 is 1.35 bits per heavy atom. The number of rotatable bonds is 5. The average Bonchev–Trinajstić information content (AvgIpc) is 3.48. The second-order valence-electron chi connectivity index (χ2n) is 7.39. The molecule has 0 unspecified atom stereocenters. The van der Waals surface area contributed by atoms with E-state index in [-0.39, 0.29) is 17.5 Å². The lowest BCUT2D eigenvalue weighted by atomic mass is 10.1. The predicted octanol–water partition coefficient (Wildman–Crippen LogP) is 2.16. The van der Waals surface area contributed by atoms with Crippen molar-refractivity contribution in [3.05, 3.63) is 52.0 Å². The van der Waals surface area contributed by atoms with Crippen LogP contribution in [0.15, 0.2) is 40.9 Å². The van der Waals surface area contributed by atoms with Crippen molar-refractivity contribution in [2.45, 2.75) is 18.9 Å². The molecule has 3 N–H and O–H groups in total. The number of hydrogen-bond acceptors (Lipinski definition) is 7. The number of hydrogen-bond donors (Lipinski definition) is 3. The van der Waals surface area contributed by atoms with Crippen LogP contribution < -0.4 is 16.2 Å². The summed E-state index contributed by atoms with van der Waals surface area (Å²) in [4.78, 5) is 32.5. The highest BCUT2D eigenvalue weighted by atomic mass is 32.1. The molecule has 4 aromatic heterocycles. The van der Waals surface area contributed by atoms with Gasteiger partial charge < -0.3 is 19.9 Å². The van der Waals surface area contributed by atoms with Crippen LogP contribution in [0.4, 0.5) is 10.9 Å². The van der Waals surface area contributed by atoms with Crippen molar-refractivity contribution in [1.82, 2.24) is 29.6 Å². The number of nitrogens with one attached hydrogen (secondary N) is 3. The number of carbonyl (C=O) groups excluding carboxylic acids is 1. The molecule has 1 aliphatic rings. The van der Waals surface area contributed by atoms with Gasteiger partial charge in [-0.15, -0.1) is 11.3 Å². The molecule has 1 saturated heterocycles. The van der Waals surface area contributed by atoms with Crippen LogP contribution in [-0.4, -0.2) is 49.5 Å². The summed E-state index contributed by atoms with van der Waals surface area (Å²) >= 11 is 1.38. The van der Waals surface area contributed by atoms with E-state index in [0.717, 1.165) is 18.5 Å². The molecule has 160 valence electrons. The quantitative estimate of drug-likeness (QED) is 0.439. The number of carbonyl (C=O) groups is 1. The van der Waals surface area contributed by atoms with E-state index in [9.17, 15) is 9.59 Å². The molecule has 0 spiro atoms. The van der Waals surface area contributed by atoms with Gasteiger partial charge in [0.25, 0.3) is 11.5 Å². The number of anilines is 2. The fourth-order valence-electron chi connectivity index (χ4n) is 3.61. The summed E-state index contributed by atoms with van der Waals surface area (Å²) < 4.78 is 8.75. The fraction of sp³-hybridized carbons (Fsp3) is 0.300. The predicted molar refractivity (Wildman–Crippen MR) is 117 cm³/mol. The molecule has 0 radical (unpaired) electrons. The second kappa shape index (κ2) is 8.00. The van der Waals surface area contributed by atoms with Crippen molar-refractivity contribution in [3.63, 3.8) is 0 Å². The minimum absolute atomic E-state index is 0.110. The summed E-state index contributed by atoms with van der Waals surface area (Å²) in [6.45, 7) is 1.34. The highest BCUT2D eigenvalue weighted by molar-refractivity contribution is 7.14. The van der Waals surface area contributed by atoms with E-state index in [0.29, 0.717) is 40.8 Å². The molecule has 1 fully saturated rings. The molecule has 0 bridgehead atoms. The third-order valence-corrected chi connectivity index (χ3v) is 6.02. The van der Waals surface area contributed by atoms with Gasteiger partial charge in [0, 0.05) is 44.1 Å². The Balaban J connectivity index is 1.34. The summed E-state index contributed by atoms with van der Waals surface area (Å²) in [5.74, 6) is 0.210. The van der Waals surface area contributed by atoms with Crippen LogP contribution in [0.25, 0.3) is 16.7 Å². The summed E-state index contributed by atoms with van der Waals surface area (Å²) in [6, 6.07) is 3.68. The van der Waals surface area contributed by atoms with Crippen LogP contribution in [0.3, 0.4) is 0 Å². The smallest absolute Gasteiger partial charge is 0.277 e. The van der Waals surface area contributed by atoms with E-state index in [2.05, 4.69) is 25.7 Å². The number of aromatic nitrogens is 5. The van der Waals surface area contributed by atoms with Gasteiger partial charge in [-0.3, -0.25) is 19.3 Å². The molecule has 1 amide bonds. The van der Waals surface area contributed by atoms with E-state index in [1.54, 1.807) is 39.2 Å². The molecule has 31 heavy (non-hydrogen) atoms. The van der Waals surface area contributed by atoms with Crippen LogP contribution in [0.1, 0.15) is 23.2 Å². The number of amides is 1. The number of fused-ring (bicyclic) bond motifs is 1. The van der Waals surface area contributed by atoms with Crippen molar-refractivity contribution >= 4 is 39.2 Å². The van der Waals surface area contributed by atoms with Gasteiger partial charge in [0.2, 0.25) is 5.95 Å². The van der Waals surface area contributed by atoms with Crippen LogP contribution in [0, 0.1) is 0 Å². The van der Waals surface area contributed by atoms with Crippen molar-refractivity contribution in [2.75, 3.05) is 18.5 Å². The Hall–Kier alpha value is -3.44. The SMILES string of the molecule is Cn1cc(-n2ccc3nc(Nc4cc(C(=O)NC5CCOCC5)cs4)[nH]c(=O)c32)cn1. The van der Waals surface area contributed by atoms with Gasteiger partial charge in [-0.25, -0.2) is 4.98 Å². The Bertz CT molecular complexity index is 1300. The fourth-order valence-corrected chi connectivity index (χ4v) is 4.39. The van der Waals surface area contributed by atoms with Gasteiger partial charge in [0.1, 0.15) is 5.52 Å². The molecular formula is C20H21N7O3S. The number of aryl methyl sites for hydroxylation is 1. The number of H-pyrrole nitrogens is 1. The first kappa shape index (κ1) is 19.5. The Kier molecular flexibility index (Phi) is 5.04. The van der Waals surface area contributed by atoms with Gasteiger partial charge in [-0.05, 0) is 25.0 Å². The zero-order valence-corrected chi connectivity index (χ0v) is 17.6. The van der Waals surface area contributed by atoms with Crippen LogP contribution >= 0.6 is 11.3 Å². The molecule has 1 aliphatic heterocycles. The van der Waals surface area contributed by atoms with Crippen molar-refractivity contribution in [3.8, 4) is 5.69 Å². The summed E-state index contributed by atoms with van der Waals surface area (Å²) in [6.07, 6.45) is 6.94. The zero-order valence-electron chi connectivity index (χ0n) is 16.8. The molecule has 0 saturated carbocycles. The highest BCUT2D eigenvalue weighted by Crippen LogP contribution is 2.24. The first-order valence-corrected chi connectivity index (χ1v) is 10.8. The largest absolute Gasteiger partial charge is 0.381 e. The molecule has 4 aromatic rings. The lowest BCUT2D eigenvalue weighted by molar-refractivity contribution is 0.0696. The standard InChI is InChI=1S/C20H21N7O3S/c1-26-10-14(9-21-26)27-5-2-15-17(27)19(29)25-20(23-15)24-16-8-12(11-31-16)18(28)22-13-3-6-30-7-4-13/h2,5,8-11,13H,3-4,6-7H2,1H3,(H,22,28)(H2,23,24,25,29). The first-order valence-electron chi connectivity index (χ1n) is 9.91. The van der Waals surface area contributed by atoms with Crippen LogP contribution in [-0.2, 0) is 11.8 Å². The second-order valence-corrected chi connectivity index (χ2v) is 8.30. The summed E-state index contributed by atoms with van der Waals surface area (Å²) in [5, 5.41) is 12.8. The van der Waals surface area contributed by atoms with Gasteiger partial charge in [-0.1, -0.05) is 0 Å². The van der Waals surface area contributed by atoms with Gasteiger partial charge in [0.05, 0.1) is 28.0 Å². The van der Waals surface area contributed by atoms with Gasteiger partial charge in [0.15, 0.2) is 0 Å². The van der Waals surface area contributed by atoms with E-state index >= 15 is 0 Å². The number of nitrogens with zero attached hydrogens (tertiary/aromatic N) is 4. The molecule has 5 rings (SSSR count). The summed E-state index contributed by atoms with van der Waals surface area (Å²) in [5.41, 5.74) is 2.09. The lowest BCUT2D eigenvalue weighted by Gasteiger charge is -2.22. The molecule has 0 aliphatic carbocycles. The molecule has 0 aromatic carbocycles. The van der Waals surface area contributed by atoms with Gasteiger partial charge in [-0.2, -0.15) is 5.10 Å². The Morgan fingerprint density at radius 2 is 2.19 bits per heavy atom. The highest BCUT2D eigenvalue weighted by Gasteiger charge is 2.18. The van der Waals surface area contributed by atoms with Crippen molar-refractivity contribution in [2.24, 2.45) is 7.05 Å². The van der Waals surface area contributed by atoms with Crippen molar-refractivity contribution < 1.29 is 9.53 Å². The maximum atomic E-state index is 12.7.